The number of amides is 1. The van der Waals surface area contributed by atoms with Gasteiger partial charge in [-0.15, -0.1) is 10.2 Å². The van der Waals surface area contributed by atoms with Gasteiger partial charge in [-0.2, -0.15) is 0 Å². The molecule has 0 spiro atoms. The van der Waals surface area contributed by atoms with Crippen LogP contribution in [0.4, 0.5) is 0 Å². The van der Waals surface area contributed by atoms with Gasteiger partial charge in [-0.1, -0.05) is 72.4 Å². The second-order valence-corrected chi connectivity index (χ2v) is 7.89. The molecule has 1 aliphatic carbocycles. The number of benzene rings is 2. The van der Waals surface area contributed by atoms with Crippen LogP contribution in [-0.4, -0.2) is 37.4 Å². The first-order valence-corrected chi connectivity index (χ1v) is 10.7. The number of aromatic nitrogens is 3. The van der Waals surface area contributed by atoms with Crippen LogP contribution in [-0.2, 0) is 17.9 Å². The number of hydrogen-bond donors (Lipinski definition) is 0. The van der Waals surface area contributed by atoms with E-state index in [1.807, 2.05) is 53.4 Å². The van der Waals surface area contributed by atoms with Crippen LogP contribution in [0.1, 0.15) is 25.3 Å². The lowest BCUT2D eigenvalue weighted by Gasteiger charge is -2.22. The largest absolute Gasteiger partial charge is 0.335 e. The van der Waals surface area contributed by atoms with Crippen molar-refractivity contribution < 1.29 is 4.79 Å². The van der Waals surface area contributed by atoms with Gasteiger partial charge in [0.05, 0.1) is 5.75 Å². The highest BCUT2D eigenvalue weighted by Gasteiger charge is 2.32. The van der Waals surface area contributed by atoms with E-state index in [2.05, 4.69) is 33.8 Å². The molecule has 6 heteroatoms. The van der Waals surface area contributed by atoms with Crippen molar-refractivity contribution in [2.24, 2.45) is 0 Å². The van der Waals surface area contributed by atoms with E-state index in [9.17, 15) is 4.79 Å². The summed E-state index contributed by atoms with van der Waals surface area (Å²) in [4.78, 5) is 14.9. The molecule has 0 aliphatic heterocycles. The Hall–Kier alpha value is -2.60. The predicted octanol–water partition coefficient (Wildman–Crippen LogP) is 4.25. The molecule has 1 fully saturated rings. The van der Waals surface area contributed by atoms with Crippen molar-refractivity contribution in [2.75, 3.05) is 5.75 Å². The van der Waals surface area contributed by atoms with E-state index >= 15 is 0 Å². The second-order valence-electron chi connectivity index (χ2n) is 6.94. The molecule has 0 N–H and O–H groups in total. The van der Waals surface area contributed by atoms with Gasteiger partial charge in [0.1, 0.15) is 0 Å². The van der Waals surface area contributed by atoms with Crippen molar-refractivity contribution in [3.63, 3.8) is 0 Å². The summed E-state index contributed by atoms with van der Waals surface area (Å²) < 4.78 is 2.08. The molecule has 0 atom stereocenters. The monoisotopic (exact) mass is 392 g/mol. The molecule has 0 radical (unpaired) electrons. The summed E-state index contributed by atoms with van der Waals surface area (Å²) >= 11 is 1.48. The first-order valence-electron chi connectivity index (χ1n) is 9.71. The van der Waals surface area contributed by atoms with E-state index in [1.165, 1.54) is 17.3 Å². The van der Waals surface area contributed by atoms with Crippen molar-refractivity contribution in [1.82, 2.24) is 19.7 Å². The van der Waals surface area contributed by atoms with Gasteiger partial charge in [-0.05, 0) is 25.3 Å². The summed E-state index contributed by atoms with van der Waals surface area (Å²) in [5.41, 5.74) is 2.22. The Morgan fingerprint density at radius 2 is 1.75 bits per heavy atom. The van der Waals surface area contributed by atoms with Crippen LogP contribution in [0.25, 0.3) is 11.4 Å². The fourth-order valence-corrected chi connectivity index (χ4v) is 4.17. The molecule has 0 saturated heterocycles. The third-order valence-electron chi connectivity index (χ3n) is 4.89. The van der Waals surface area contributed by atoms with Crippen molar-refractivity contribution in [3.05, 3.63) is 66.2 Å². The molecule has 4 rings (SSSR count). The van der Waals surface area contributed by atoms with Crippen molar-refractivity contribution in [1.29, 1.82) is 0 Å². The highest BCUT2D eigenvalue weighted by Crippen LogP contribution is 2.30. The third-order valence-corrected chi connectivity index (χ3v) is 5.85. The number of carbonyl (C=O) groups is 1. The number of carbonyl (C=O) groups excluding carboxylic acids is 1. The molecule has 1 aliphatic rings. The first kappa shape index (κ1) is 18.7. The van der Waals surface area contributed by atoms with Crippen LogP contribution in [0.3, 0.4) is 0 Å². The minimum atomic E-state index is 0.170. The maximum absolute atomic E-state index is 12.9. The standard InChI is InChI=1S/C22H24N4OS/c1-2-25-21(18-11-7-4-8-12-18)23-24-22(25)28-16-20(27)26(19-13-14-19)15-17-9-5-3-6-10-17/h3-12,19H,2,13-16H2,1H3. The van der Waals surface area contributed by atoms with Gasteiger partial charge in [0, 0.05) is 24.7 Å². The molecular weight excluding hydrogens is 368 g/mol. The summed E-state index contributed by atoms with van der Waals surface area (Å²) in [6, 6.07) is 20.6. The molecule has 28 heavy (non-hydrogen) atoms. The van der Waals surface area contributed by atoms with E-state index in [-0.39, 0.29) is 5.91 Å². The minimum absolute atomic E-state index is 0.170. The van der Waals surface area contributed by atoms with E-state index in [1.54, 1.807) is 0 Å². The van der Waals surface area contributed by atoms with E-state index in [4.69, 9.17) is 0 Å². The third kappa shape index (κ3) is 4.28. The zero-order chi connectivity index (χ0) is 19.3. The van der Waals surface area contributed by atoms with Crippen molar-refractivity contribution >= 4 is 17.7 Å². The smallest absolute Gasteiger partial charge is 0.233 e. The molecular formula is C22H24N4OS. The van der Waals surface area contributed by atoms with E-state index in [0.29, 0.717) is 18.3 Å². The molecule has 3 aromatic rings. The first-order chi connectivity index (χ1) is 13.8. The Morgan fingerprint density at radius 1 is 1.07 bits per heavy atom. The van der Waals surface area contributed by atoms with Gasteiger partial charge in [0.2, 0.25) is 5.91 Å². The van der Waals surface area contributed by atoms with Crippen molar-refractivity contribution in [2.45, 2.75) is 44.1 Å². The lowest BCUT2D eigenvalue weighted by Crippen LogP contribution is -2.34. The Kier molecular flexibility index (Phi) is 5.76. The van der Waals surface area contributed by atoms with Crippen LogP contribution in [0, 0.1) is 0 Å². The van der Waals surface area contributed by atoms with E-state index < -0.39 is 0 Å². The summed E-state index contributed by atoms with van der Waals surface area (Å²) in [7, 11) is 0. The maximum atomic E-state index is 12.9. The number of rotatable bonds is 8. The van der Waals surface area contributed by atoms with Crippen LogP contribution < -0.4 is 0 Å². The van der Waals surface area contributed by atoms with Gasteiger partial charge in [0.25, 0.3) is 0 Å². The molecule has 5 nitrogen and oxygen atoms in total. The molecule has 144 valence electrons. The fraction of sp³-hybridized carbons (Fsp3) is 0.318. The summed E-state index contributed by atoms with van der Waals surface area (Å²) in [5.74, 6) is 1.40. The number of nitrogens with zero attached hydrogens (tertiary/aromatic N) is 4. The SMILES string of the molecule is CCn1c(SCC(=O)N(Cc2ccccc2)C2CC2)nnc1-c1ccccc1. The van der Waals surface area contributed by atoms with Crippen LogP contribution >= 0.6 is 11.8 Å². The average Bonchev–Trinajstić information content (AvgIpc) is 3.50. The average molecular weight is 393 g/mol. The van der Waals surface area contributed by atoms with Gasteiger partial charge in [-0.3, -0.25) is 4.79 Å². The van der Waals surface area contributed by atoms with Gasteiger partial charge in [-0.25, -0.2) is 0 Å². The topological polar surface area (TPSA) is 51.0 Å². The highest BCUT2D eigenvalue weighted by atomic mass is 32.2. The predicted molar refractivity (Wildman–Crippen MR) is 112 cm³/mol. The Balaban J connectivity index is 1.45. The molecule has 0 bridgehead atoms. The van der Waals surface area contributed by atoms with E-state index in [0.717, 1.165) is 35.9 Å². The molecule has 1 heterocycles. The molecule has 1 amide bonds. The lowest BCUT2D eigenvalue weighted by atomic mass is 10.2. The quantitative estimate of drug-likeness (QED) is 0.538. The molecule has 2 aromatic carbocycles. The van der Waals surface area contributed by atoms with Gasteiger partial charge < -0.3 is 9.47 Å². The van der Waals surface area contributed by atoms with Gasteiger partial charge >= 0.3 is 0 Å². The van der Waals surface area contributed by atoms with Crippen molar-refractivity contribution in [3.8, 4) is 11.4 Å². The minimum Gasteiger partial charge on any atom is -0.335 e. The Morgan fingerprint density at radius 3 is 2.39 bits per heavy atom. The molecule has 0 unspecified atom stereocenters. The summed E-state index contributed by atoms with van der Waals surface area (Å²) in [6.45, 7) is 3.53. The Labute approximate surface area is 169 Å². The zero-order valence-corrected chi connectivity index (χ0v) is 16.8. The van der Waals surface area contributed by atoms with Gasteiger partial charge in [0.15, 0.2) is 11.0 Å². The normalized spacial score (nSPS) is 13.5. The van der Waals surface area contributed by atoms with Crippen LogP contribution in [0.2, 0.25) is 0 Å². The summed E-state index contributed by atoms with van der Waals surface area (Å²) in [6.07, 6.45) is 2.21. The summed E-state index contributed by atoms with van der Waals surface area (Å²) in [5, 5.41) is 9.50. The van der Waals surface area contributed by atoms with Crippen LogP contribution in [0.15, 0.2) is 65.8 Å². The highest BCUT2D eigenvalue weighted by molar-refractivity contribution is 7.99. The Bertz CT molecular complexity index is 922. The number of thioether (sulfide) groups is 1. The lowest BCUT2D eigenvalue weighted by molar-refractivity contribution is -0.129. The second kappa shape index (κ2) is 8.61. The molecule has 1 saturated carbocycles. The fourth-order valence-electron chi connectivity index (χ4n) is 3.28. The maximum Gasteiger partial charge on any atom is 0.233 e. The number of hydrogen-bond acceptors (Lipinski definition) is 4. The van der Waals surface area contributed by atoms with Crippen LogP contribution in [0.5, 0.6) is 0 Å². The molecule has 1 aromatic heterocycles. The zero-order valence-electron chi connectivity index (χ0n) is 16.0.